The van der Waals surface area contributed by atoms with Gasteiger partial charge in [-0.05, 0) is 24.3 Å². The van der Waals surface area contributed by atoms with Crippen molar-refractivity contribution in [3.63, 3.8) is 0 Å². The third kappa shape index (κ3) is 2.78. The fraction of sp³-hybridized carbons (Fsp3) is 0.0769. The van der Waals surface area contributed by atoms with Gasteiger partial charge in [0.2, 0.25) is 0 Å². The average molecular weight is 266 g/mol. The Labute approximate surface area is 111 Å². The molecule has 4 nitrogen and oxygen atoms in total. The fourth-order valence-electron chi connectivity index (χ4n) is 1.53. The van der Waals surface area contributed by atoms with E-state index in [-0.39, 0.29) is 18.2 Å². The quantitative estimate of drug-likeness (QED) is 0.848. The zero-order chi connectivity index (χ0) is 12.3. The van der Waals surface area contributed by atoms with Gasteiger partial charge in [-0.15, -0.1) is 12.4 Å². The number of methoxy groups -OCH3 is 1. The largest absolute Gasteiger partial charge is 0.506 e. The van der Waals surface area contributed by atoms with E-state index in [0.717, 1.165) is 0 Å². The van der Waals surface area contributed by atoms with E-state index in [2.05, 4.69) is 9.72 Å². The molecular weight excluding hydrogens is 254 g/mol. The van der Waals surface area contributed by atoms with Gasteiger partial charge in [0.1, 0.15) is 11.4 Å². The maximum Gasteiger partial charge on any atom is 0.337 e. The molecule has 1 N–H and O–H groups in total. The topological polar surface area (TPSA) is 59.4 Å². The Kier molecular flexibility index (Phi) is 4.68. The van der Waals surface area contributed by atoms with Gasteiger partial charge in [0.25, 0.3) is 0 Å². The third-order valence-corrected chi connectivity index (χ3v) is 2.34. The Morgan fingerprint density at radius 2 is 2.06 bits per heavy atom. The monoisotopic (exact) mass is 265 g/mol. The van der Waals surface area contributed by atoms with Gasteiger partial charge in [-0.2, -0.15) is 0 Å². The van der Waals surface area contributed by atoms with E-state index >= 15 is 0 Å². The highest BCUT2D eigenvalue weighted by molar-refractivity contribution is 5.91. The number of pyridine rings is 1. The molecule has 5 heteroatoms. The summed E-state index contributed by atoms with van der Waals surface area (Å²) >= 11 is 0. The van der Waals surface area contributed by atoms with Crippen LogP contribution in [0.15, 0.2) is 42.6 Å². The summed E-state index contributed by atoms with van der Waals surface area (Å²) in [5.41, 5.74) is 1.54. The van der Waals surface area contributed by atoms with Gasteiger partial charge < -0.3 is 9.84 Å². The number of hydrogen-bond donors (Lipinski definition) is 1. The number of ether oxygens (including phenoxy) is 1. The van der Waals surface area contributed by atoms with Gasteiger partial charge in [0.05, 0.1) is 12.7 Å². The van der Waals surface area contributed by atoms with Crippen molar-refractivity contribution in [1.82, 2.24) is 4.98 Å². The summed E-state index contributed by atoms with van der Waals surface area (Å²) in [7, 11) is 1.33. The van der Waals surface area contributed by atoms with Crippen molar-refractivity contribution in [3.05, 3.63) is 48.2 Å². The Bertz CT molecular complexity index is 557. The molecule has 0 aliphatic heterocycles. The summed E-state index contributed by atoms with van der Waals surface area (Å²) < 4.78 is 4.64. The highest BCUT2D eigenvalue weighted by atomic mass is 35.5. The number of rotatable bonds is 2. The Balaban J connectivity index is 0.00000162. The smallest absolute Gasteiger partial charge is 0.337 e. The van der Waals surface area contributed by atoms with Crippen LogP contribution >= 0.6 is 12.4 Å². The standard InChI is InChI=1S/C13H11NO3.ClH/c1-17-13(16)10-5-2-4-9(8-10)12-11(15)6-3-7-14-12;/h2-8,15H,1H3;1H. The first-order valence-corrected chi connectivity index (χ1v) is 5.05. The first-order valence-electron chi connectivity index (χ1n) is 5.05. The molecule has 0 bridgehead atoms. The summed E-state index contributed by atoms with van der Waals surface area (Å²) in [6.07, 6.45) is 1.58. The molecule has 0 fully saturated rings. The number of benzene rings is 1. The minimum atomic E-state index is -0.415. The first kappa shape index (κ1) is 14.0. The minimum absolute atomic E-state index is 0. The van der Waals surface area contributed by atoms with Crippen molar-refractivity contribution < 1.29 is 14.6 Å². The average Bonchev–Trinajstić information content (AvgIpc) is 2.38. The molecule has 0 saturated carbocycles. The molecule has 1 heterocycles. The number of aromatic nitrogens is 1. The Hall–Kier alpha value is -2.07. The van der Waals surface area contributed by atoms with Crippen LogP contribution in [0.3, 0.4) is 0 Å². The lowest BCUT2D eigenvalue weighted by Gasteiger charge is -2.05. The molecule has 94 valence electrons. The summed E-state index contributed by atoms with van der Waals surface area (Å²) in [4.78, 5) is 15.4. The van der Waals surface area contributed by atoms with E-state index < -0.39 is 5.97 Å². The number of nitrogens with zero attached hydrogens (tertiary/aromatic N) is 1. The number of halogens is 1. The number of carbonyl (C=O) groups excluding carboxylic acids is 1. The van der Waals surface area contributed by atoms with Crippen LogP contribution in [-0.2, 0) is 4.74 Å². The predicted molar refractivity (Wildman–Crippen MR) is 69.9 cm³/mol. The summed E-state index contributed by atoms with van der Waals surface area (Å²) in [5, 5.41) is 9.67. The second-order valence-corrected chi connectivity index (χ2v) is 3.44. The van der Waals surface area contributed by atoms with Gasteiger partial charge in [0.15, 0.2) is 0 Å². The van der Waals surface area contributed by atoms with Gasteiger partial charge in [-0.1, -0.05) is 12.1 Å². The normalized spacial score (nSPS) is 9.39. The molecule has 0 atom stereocenters. The van der Waals surface area contributed by atoms with Crippen LogP contribution in [-0.4, -0.2) is 23.2 Å². The maximum atomic E-state index is 11.4. The molecule has 0 spiro atoms. The van der Waals surface area contributed by atoms with Crippen LogP contribution in [0, 0.1) is 0 Å². The number of hydrogen-bond acceptors (Lipinski definition) is 4. The van der Waals surface area contributed by atoms with Crippen LogP contribution in [0.5, 0.6) is 5.75 Å². The summed E-state index contributed by atoms with van der Waals surface area (Å²) in [5.74, 6) is -0.336. The molecule has 0 aliphatic rings. The summed E-state index contributed by atoms with van der Waals surface area (Å²) in [6, 6.07) is 9.96. The van der Waals surface area contributed by atoms with Crippen molar-refractivity contribution in [2.75, 3.05) is 7.11 Å². The van der Waals surface area contributed by atoms with Crippen molar-refractivity contribution in [1.29, 1.82) is 0 Å². The lowest BCUT2D eigenvalue weighted by molar-refractivity contribution is 0.0601. The van der Waals surface area contributed by atoms with Crippen LogP contribution < -0.4 is 0 Å². The zero-order valence-electron chi connectivity index (χ0n) is 9.66. The first-order chi connectivity index (χ1) is 8.22. The Morgan fingerprint density at radius 1 is 1.28 bits per heavy atom. The molecular formula is C13H12ClNO3. The van der Waals surface area contributed by atoms with Crippen LogP contribution in [0.4, 0.5) is 0 Å². The van der Waals surface area contributed by atoms with Crippen LogP contribution in [0.2, 0.25) is 0 Å². The van der Waals surface area contributed by atoms with Crippen molar-refractivity contribution in [2.24, 2.45) is 0 Å². The second kappa shape index (κ2) is 6.02. The van der Waals surface area contributed by atoms with Crippen LogP contribution in [0.1, 0.15) is 10.4 Å². The van der Waals surface area contributed by atoms with Crippen molar-refractivity contribution >= 4 is 18.4 Å². The molecule has 0 aliphatic carbocycles. The van der Waals surface area contributed by atoms with Gasteiger partial charge in [0, 0.05) is 11.8 Å². The lowest BCUT2D eigenvalue weighted by atomic mass is 10.1. The van der Waals surface area contributed by atoms with Gasteiger partial charge >= 0.3 is 5.97 Å². The molecule has 2 aromatic rings. The van der Waals surface area contributed by atoms with E-state index in [4.69, 9.17) is 0 Å². The maximum absolute atomic E-state index is 11.4. The number of carbonyl (C=O) groups is 1. The van der Waals surface area contributed by atoms with E-state index in [1.54, 1.807) is 42.6 Å². The van der Waals surface area contributed by atoms with E-state index in [1.165, 1.54) is 7.11 Å². The fourth-order valence-corrected chi connectivity index (χ4v) is 1.53. The minimum Gasteiger partial charge on any atom is -0.506 e. The highest BCUT2D eigenvalue weighted by Crippen LogP contribution is 2.26. The molecule has 0 unspecified atom stereocenters. The molecule has 0 amide bonds. The SMILES string of the molecule is COC(=O)c1cccc(-c2ncccc2O)c1.Cl. The zero-order valence-corrected chi connectivity index (χ0v) is 10.5. The predicted octanol–water partition coefficient (Wildman–Crippen LogP) is 2.66. The van der Waals surface area contributed by atoms with Crippen molar-refractivity contribution in [2.45, 2.75) is 0 Å². The number of aromatic hydroxyl groups is 1. The second-order valence-electron chi connectivity index (χ2n) is 3.44. The third-order valence-electron chi connectivity index (χ3n) is 2.34. The molecule has 2 rings (SSSR count). The Morgan fingerprint density at radius 3 is 2.72 bits per heavy atom. The van der Waals surface area contributed by atoms with E-state index in [1.807, 2.05) is 0 Å². The molecule has 0 radical (unpaired) electrons. The van der Waals surface area contributed by atoms with Crippen LogP contribution in [0.25, 0.3) is 11.3 Å². The molecule has 1 aromatic carbocycles. The molecule has 0 saturated heterocycles. The lowest BCUT2D eigenvalue weighted by Crippen LogP contribution is -2.00. The van der Waals surface area contributed by atoms with Gasteiger partial charge in [-0.25, -0.2) is 4.79 Å². The van der Waals surface area contributed by atoms with Gasteiger partial charge in [-0.3, -0.25) is 4.98 Å². The summed E-state index contributed by atoms with van der Waals surface area (Å²) in [6.45, 7) is 0. The molecule has 18 heavy (non-hydrogen) atoms. The molecule has 1 aromatic heterocycles. The number of esters is 1. The van der Waals surface area contributed by atoms with E-state index in [9.17, 15) is 9.90 Å². The van der Waals surface area contributed by atoms with Crippen molar-refractivity contribution in [3.8, 4) is 17.0 Å². The highest BCUT2D eigenvalue weighted by Gasteiger charge is 2.09. The van der Waals surface area contributed by atoms with E-state index in [0.29, 0.717) is 16.8 Å².